The second kappa shape index (κ2) is 35.8. The first-order chi connectivity index (χ1) is 52.6. The van der Waals surface area contributed by atoms with E-state index >= 15 is 0 Å². The lowest BCUT2D eigenvalue weighted by atomic mass is 9.83. The molecule has 109 heavy (non-hydrogen) atoms. The van der Waals surface area contributed by atoms with Crippen LogP contribution in [0.3, 0.4) is 0 Å². The van der Waals surface area contributed by atoms with Crippen LogP contribution in [0.4, 0.5) is 46.2 Å². The number of anilines is 5. The molecule has 33 heteroatoms. The smallest absolute Gasteiger partial charge is 0.467 e. The quantitative estimate of drug-likeness (QED) is 0.0285. The van der Waals surface area contributed by atoms with Crippen molar-refractivity contribution in [3.05, 3.63) is 305 Å². The fourth-order valence-electron chi connectivity index (χ4n) is 11.2. The van der Waals surface area contributed by atoms with Gasteiger partial charge in [0.05, 0.1) is 72.2 Å². The molecule has 0 unspecified atom stereocenters. The zero-order valence-electron chi connectivity index (χ0n) is 58.5. The zero-order valence-corrected chi connectivity index (χ0v) is 60.7. The molecule has 6 aromatic carbocycles. The molecule has 0 aliphatic carbocycles. The maximum atomic E-state index is 14.2. The summed E-state index contributed by atoms with van der Waals surface area (Å²) in [5.74, 6) is 0.912. The molecule has 0 radical (unpaired) electrons. The number of halogens is 3. The number of aromatic nitrogens is 13. The zero-order chi connectivity index (χ0) is 78.0. The maximum absolute atomic E-state index is 14.2. The summed E-state index contributed by atoms with van der Waals surface area (Å²) in [6.07, 6.45) is 9.66. The van der Waals surface area contributed by atoms with Gasteiger partial charge in [-0.15, -0.1) is 0 Å². The van der Waals surface area contributed by atoms with Crippen molar-refractivity contribution in [2.24, 2.45) is 5.73 Å². The highest BCUT2D eigenvalue weighted by Crippen LogP contribution is 2.36. The fourth-order valence-corrected chi connectivity index (χ4v) is 11.9. The van der Waals surface area contributed by atoms with Crippen LogP contribution in [-0.2, 0) is 0 Å². The summed E-state index contributed by atoms with van der Waals surface area (Å²) in [5.41, 5.74) is 28.8. The summed E-state index contributed by atoms with van der Waals surface area (Å²) >= 11 is 18.0. The SMILES string of the molecule is COc1ncc(B(O)O)cn1.C[C@H](N)c1cc2cccc(Cl)c2c(=O)n1-c1ccccc1.[C-]#[N+]c1c(N)ncnc1Cl.[C-]#[N+]c1c(N)ncnc1N[C@@H](C)c1cc2cccc(-c3cnc(OC)nc3)c2c(=O)n1-c1ccccc1.[C-]#[N+]c1c(N)ncnc1N[C@@H](C)c1cc2cccc(Cl)c2c(=O)n1-c1ccccc1. The van der Waals surface area contributed by atoms with Gasteiger partial charge < -0.3 is 53.1 Å². The monoisotopic (exact) mass is 1510 g/mol. The molecule has 8 heterocycles. The van der Waals surface area contributed by atoms with Crippen LogP contribution in [0.25, 0.3) is 75.0 Å². The topological polar surface area (TPSA) is 395 Å². The van der Waals surface area contributed by atoms with Crippen molar-refractivity contribution in [1.82, 2.24) is 63.5 Å². The molecule has 0 amide bonds. The van der Waals surface area contributed by atoms with E-state index in [1.165, 1.54) is 45.6 Å². The van der Waals surface area contributed by atoms with E-state index in [-0.39, 0.29) is 85.9 Å². The third-order valence-electron chi connectivity index (χ3n) is 16.3. The molecular weight excluding hydrogens is 1450 g/mol. The number of rotatable bonds is 14. The number of nitrogens with zero attached hydrogens (tertiary/aromatic N) is 16. The Hall–Kier alpha value is -13.8. The first-order valence-corrected chi connectivity index (χ1v) is 33.7. The number of hydrogen-bond acceptors (Lipinski definition) is 23. The van der Waals surface area contributed by atoms with E-state index in [0.29, 0.717) is 71.7 Å². The lowest BCUT2D eigenvalue weighted by molar-refractivity contribution is 0.379. The molecule has 3 atom stereocenters. The van der Waals surface area contributed by atoms with Crippen molar-refractivity contribution in [2.45, 2.75) is 38.9 Å². The van der Waals surface area contributed by atoms with Gasteiger partial charge in [-0.1, -0.05) is 132 Å². The lowest BCUT2D eigenvalue weighted by Gasteiger charge is -2.22. The summed E-state index contributed by atoms with van der Waals surface area (Å²) in [4.78, 5) is 89.5. The molecule has 544 valence electrons. The highest BCUT2D eigenvalue weighted by molar-refractivity contribution is 6.58. The Balaban J connectivity index is 0.000000157. The average Bonchev–Trinajstić information content (AvgIpc) is 0.767. The number of nitrogens with two attached hydrogens (primary N) is 4. The molecule has 14 rings (SSSR count). The molecule has 0 saturated carbocycles. The first-order valence-electron chi connectivity index (χ1n) is 32.6. The molecule has 0 spiro atoms. The second-order valence-electron chi connectivity index (χ2n) is 23.3. The van der Waals surface area contributed by atoms with Crippen LogP contribution in [0, 0.1) is 19.7 Å². The summed E-state index contributed by atoms with van der Waals surface area (Å²) in [6.45, 7) is 27.1. The normalized spacial score (nSPS) is 11.3. The van der Waals surface area contributed by atoms with Crippen LogP contribution in [0.2, 0.25) is 15.2 Å². The summed E-state index contributed by atoms with van der Waals surface area (Å²) in [6, 6.07) is 49.8. The van der Waals surface area contributed by atoms with E-state index < -0.39 is 13.2 Å². The lowest BCUT2D eigenvalue weighted by Crippen LogP contribution is -2.30. The molecule has 8 aromatic heterocycles. The predicted octanol–water partition coefficient (Wildman–Crippen LogP) is 12.4. The molecule has 0 saturated heterocycles. The van der Waals surface area contributed by atoms with Crippen LogP contribution in [0.5, 0.6) is 12.0 Å². The van der Waals surface area contributed by atoms with Gasteiger partial charge in [0.15, 0.2) is 0 Å². The summed E-state index contributed by atoms with van der Waals surface area (Å²) in [5, 5.41) is 28.4. The van der Waals surface area contributed by atoms with Crippen molar-refractivity contribution in [1.29, 1.82) is 0 Å². The van der Waals surface area contributed by atoms with Crippen molar-refractivity contribution >= 4 is 126 Å². The maximum Gasteiger partial charge on any atom is 0.491 e. The number of methoxy groups -OCH3 is 2. The fraction of sp³-hybridized carbons (Fsp3) is 0.105. The molecule has 0 bridgehead atoms. The minimum Gasteiger partial charge on any atom is -0.467 e. The van der Waals surface area contributed by atoms with Crippen LogP contribution in [0.1, 0.15) is 56.0 Å². The highest BCUT2D eigenvalue weighted by atomic mass is 35.5. The molecule has 29 nitrogen and oxygen atoms in total. The third kappa shape index (κ3) is 17.8. The number of ether oxygens (including phenoxy) is 2. The van der Waals surface area contributed by atoms with Gasteiger partial charge in [-0.3, -0.25) is 28.1 Å². The van der Waals surface area contributed by atoms with Gasteiger partial charge >= 0.3 is 19.1 Å². The third-order valence-corrected chi connectivity index (χ3v) is 17.2. The highest BCUT2D eigenvalue weighted by Gasteiger charge is 2.24. The van der Waals surface area contributed by atoms with Gasteiger partial charge in [0, 0.05) is 76.0 Å². The van der Waals surface area contributed by atoms with Crippen LogP contribution < -0.4 is 65.2 Å². The van der Waals surface area contributed by atoms with E-state index in [0.717, 1.165) is 27.5 Å². The van der Waals surface area contributed by atoms with Gasteiger partial charge in [-0.2, -0.15) is 0 Å². The number of nitrogens with one attached hydrogen (secondary N) is 2. The number of nitrogen functional groups attached to an aromatic ring is 3. The van der Waals surface area contributed by atoms with Crippen molar-refractivity contribution in [3.8, 4) is 40.2 Å². The number of para-hydroxylation sites is 3. The Morgan fingerprint density at radius 2 is 0.817 bits per heavy atom. The standard InChI is InChI=1S/C27H22N8O2.C22H17ClN6O.C17H15ClN2O.C5H7BN2O3.C5H3ClN4/c1-16(34-25-23(29-2)24(28)32-15-33-25)21-12-17-8-7-11-20(18-13-30-27(37-3)31-14-18)22(17)26(36)35(21)19-9-5-4-6-10-19;1-13(28-21-19(25-2)20(24)26-12-27-21)17-11-14-7-6-10-16(23)18(14)22(30)29(17)15-8-4-3-5-9-15;1-11(19)15-10-12-6-5-9-14(18)16(12)17(21)20(15)13-7-3-2-4-8-13;1-11-5-7-2-4(3-8-5)6(9)10;1-8-3-4(6)9-2-10-5(3)7/h4-16H,1,3H3,(H3,28,32,33,34);3-13H,1H3,(H3,24,26,27,28);2-11H,19H2,1H3;2-3,9-10H,1H3;2H,(H2,7,9,10)/t16-;13-;11-;;/m000../s1. The predicted molar refractivity (Wildman–Crippen MR) is 424 cm³/mol. The van der Waals surface area contributed by atoms with Crippen LogP contribution in [0.15, 0.2) is 222 Å². The minimum absolute atomic E-state index is 0.0880. The average molecular weight is 1510 g/mol. The van der Waals surface area contributed by atoms with E-state index in [4.69, 9.17) is 92.2 Å². The Morgan fingerprint density at radius 1 is 0.459 bits per heavy atom. The molecule has 12 N–H and O–H groups in total. The van der Waals surface area contributed by atoms with Gasteiger partial charge in [0.25, 0.3) is 33.7 Å². The van der Waals surface area contributed by atoms with Crippen LogP contribution >= 0.6 is 34.8 Å². The summed E-state index contributed by atoms with van der Waals surface area (Å²) in [7, 11) is 1.41. The van der Waals surface area contributed by atoms with E-state index in [2.05, 4.69) is 79.7 Å². The van der Waals surface area contributed by atoms with Gasteiger partial charge in [-0.25, -0.2) is 64.4 Å². The Morgan fingerprint density at radius 3 is 1.19 bits per heavy atom. The second-order valence-corrected chi connectivity index (χ2v) is 24.5. The Labute approximate surface area is 637 Å². The van der Waals surface area contributed by atoms with Crippen molar-refractivity contribution in [3.63, 3.8) is 0 Å². The number of fused-ring (bicyclic) bond motifs is 3. The van der Waals surface area contributed by atoms with E-state index in [1.807, 2.05) is 166 Å². The summed E-state index contributed by atoms with van der Waals surface area (Å²) < 4.78 is 14.7. The molecule has 0 aliphatic heterocycles. The van der Waals surface area contributed by atoms with Crippen LogP contribution in [-0.4, -0.2) is 94.9 Å². The van der Waals surface area contributed by atoms with Crippen molar-refractivity contribution < 1.29 is 19.5 Å². The van der Waals surface area contributed by atoms with E-state index in [1.54, 1.807) is 44.3 Å². The molecule has 0 fully saturated rings. The number of pyridine rings is 3. The minimum atomic E-state index is -1.53. The first kappa shape index (κ1) is 77.8. The van der Waals surface area contributed by atoms with Gasteiger partial charge in [0.1, 0.15) is 53.2 Å². The largest absolute Gasteiger partial charge is 0.491 e. The van der Waals surface area contributed by atoms with Gasteiger partial charge in [0.2, 0.25) is 0 Å². The Bertz CT molecular complexity index is 5920. The van der Waals surface area contributed by atoms with Crippen molar-refractivity contribution in [2.75, 3.05) is 42.1 Å². The number of hydrogen-bond donors (Lipinski definition) is 8. The number of benzene rings is 6. The van der Waals surface area contributed by atoms with Gasteiger partial charge in [-0.05, 0) is 109 Å². The Kier molecular flexibility index (Phi) is 25.6. The molecular formula is C76H64BCl3N22O7. The van der Waals surface area contributed by atoms with E-state index in [9.17, 15) is 14.4 Å². The molecule has 0 aliphatic rings. The molecule has 14 aromatic rings.